The van der Waals surface area contributed by atoms with E-state index in [9.17, 15) is 31.2 Å². The van der Waals surface area contributed by atoms with E-state index in [1.807, 2.05) is 0 Å². The maximum atomic E-state index is 12.3. The van der Waals surface area contributed by atoms with E-state index in [1.165, 1.54) is 14.1 Å². The van der Waals surface area contributed by atoms with Crippen molar-refractivity contribution in [1.29, 1.82) is 0 Å². The summed E-state index contributed by atoms with van der Waals surface area (Å²) in [5, 5.41) is 0. The van der Waals surface area contributed by atoms with Gasteiger partial charge in [-0.3, -0.25) is 4.79 Å². The Labute approximate surface area is 123 Å². The van der Waals surface area contributed by atoms with Crippen molar-refractivity contribution in [1.82, 2.24) is 4.90 Å². The molecule has 1 aromatic rings. The molecule has 0 aliphatic carbocycles. The Bertz CT molecular complexity index is 684. The summed E-state index contributed by atoms with van der Waals surface area (Å²) in [4.78, 5) is 23.1. The van der Waals surface area contributed by atoms with Crippen molar-refractivity contribution in [2.45, 2.75) is 5.51 Å². The highest BCUT2D eigenvalue weighted by molar-refractivity contribution is 7.88. The first-order chi connectivity index (χ1) is 9.98. The quantitative estimate of drug-likeness (QED) is 0.471. The SMILES string of the molecule is CN(C)C(=O)Oc1ccc(C=O)c(OS(=O)(=O)C(F)(F)F)c1. The summed E-state index contributed by atoms with van der Waals surface area (Å²) in [5.41, 5.74) is -6.12. The fraction of sp³-hybridized carbons (Fsp3) is 0.273. The van der Waals surface area contributed by atoms with Gasteiger partial charge in [0, 0.05) is 20.2 Å². The van der Waals surface area contributed by atoms with Gasteiger partial charge in [0.15, 0.2) is 12.0 Å². The molecule has 1 rings (SSSR count). The van der Waals surface area contributed by atoms with Gasteiger partial charge in [-0.05, 0) is 12.1 Å². The van der Waals surface area contributed by atoms with E-state index < -0.39 is 33.0 Å². The monoisotopic (exact) mass is 341 g/mol. The first-order valence-electron chi connectivity index (χ1n) is 5.47. The highest BCUT2D eigenvalue weighted by Crippen LogP contribution is 2.31. The molecule has 0 fully saturated rings. The van der Waals surface area contributed by atoms with Crippen molar-refractivity contribution < 1.29 is 40.1 Å². The lowest BCUT2D eigenvalue weighted by Crippen LogP contribution is -2.28. The number of carbonyl (C=O) groups is 2. The van der Waals surface area contributed by atoms with Gasteiger partial charge in [0.25, 0.3) is 0 Å². The van der Waals surface area contributed by atoms with Crippen LogP contribution in [0.15, 0.2) is 18.2 Å². The third-order valence-corrected chi connectivity index (χ3v) is 3.13. The van der Waals surface area contributed by atoms with E-state index in [0.29, 0.717) is 6.07 Å². The molecule has 7 nitrogen and oxygen atoms in total. The number of amides is 1. The third kappa shape index (κ3) is 4.10. The predicted octanol–water partition coefficient (Wildman–Crippen LogP) is 1.79. The molecule has 0 aliphatic rings. The number of hydrogen-bond acceptors (Lipinski definition) is 6. The molecule has 0 saturated heterocycles. The molecular formula is C11H10F3NO6S. The average molecular weight is 341 g/mol. The van der Waals surface area contributed by atoms with E-state index in [4.69, 9.17) is 4.74 Å². The molecule has 0 heterocycles. The first-order valence-corrected chi connectivity index (χ1v) is 6.88. The summed E-state index contributed by atoms with van der Waals surface area (Å²) >= 11 is 0. The van der Waals surface area contributed by atoms with Crippen molar-refractivity contribution in [3.8, 4) is 11.5 Å². The summed E-state index contributed by atoms with van der Waals surface area (Å²) in [7, 11) is -3.25. The fourth-order valence-electron chi connectivity index (χ4n) is 1.11. The topological polar surface area (TPSA) is 90.0 Å². The van der Waals surface area contributed by atoms with Crippen molar-refractivity contribution in [3.05, 3.63) is 23.8 Å². The van der Waals surface area contributed by atoms with Gasteiger partial charge in [-0.25, -0.2) is 4.79 Å². The van der Waals surface area contributed by atoms with Crippen LogP contribution in [0, 0.1) is 0 Å². The minimum atomic E-state index is -5.95. The fourth-order valence-corrected chi connectivity index (χ4v) is 1.58. The standard InChI is InChI=1S/C11H10F3NO6S/c1-15(2)10(17)20-8-4-3-7(6-16)9(5-8)21-22(18,19)11(12,13)14/h3-6H,1-2H3. The lowest BCUT2D eigenvalue weighted by molar-refractivity contribution is -0.0500. The molecule has 0 bridgehead atoms. The second kappa shape index (κ2) is 6.22. The maximum absolute atomic E-state index is 12.3. The Morgan fingerprint density at radius 3 is 2.32 bits per heavy atom. The van der Waals surface area contributed by atoms with E-state index >= 15 is 0 Å². The Morgan fingerprint density at radius 1 is 1.27 bits per heavy atom. The molecule has 0 N–H and O–H groups in total. The Kier molecular flexibility index (Phi) is 5.02. The van der Waals surface area contributed by atoms with E-state index in [0.717, 1.165) is 17.0 Å². The molecule has 0 unspecified atom stereocenters. The van der Waals surface area contributed by atoms with Crippen molar-refractivity contribution in [3.63, 3.8) is 0 Å². The Morgan fingerprint density at radius 2 is 1.86 bits per heavy atom. The normalized spacial score (nSPS) is 11.7. The second-order valence-electron chi connectivity index (χ2n) is 4.06. The van der Waals surface area contributed by atoms with Crippen LogP contribution < -0.4 is 8.92 Å². The van der Waals surface area contributed by atoms with Crippen LogP contribution in [0.1, 0.15) is 10.4 Å². The van der Waals surface area contributed by atoms with Gasteiger partial charge >= 0.3 is 21.7 Å². The zero-order valence-corrected chi connectivity index (χ0v) is 12.1. The highest BCUT2D eigenvalue weighted by Gasteiger charge is 2.48. The van der Waals surface area contributed by atoms with Crippen molar-refractivity contribution in [2.75, 3.05) is 14.1 Å². The second-order valence-corrected chi connectivity index (χ2v) is 5.60. The number of nitrogens with zero attached hydrogens (tertiary/aromatic N) is 1. The largest absolute Gasteiger partial charge is 0.534 e. The molecule has 0 aliphatic heterocycles. The number of aldehydes is 1. The minimum absolute atomic E-state index is 0.0960. The molecule has 0 spiro atoms. The van der Waals surface area contributed by atoms with Crippen LogP contribution in [-0.2, 0) is 10.1 Å². The predicted molar refractivity (Wildman–Crippen MR) is 67.1 cm³/mol. The van der Waals surface area contributed by atoms with Gasteiger partial charge in [0.2, 0.25) is 0 Å². The minimum Gasteiger partial charge on any atom is -0.410 e. The number of carbonyl (C=O) groups excluding carboxylic acids is 2. The van der Waals surface area contributed by atoms with Crippen molar-refractivity contribution in [2.24, 2.45) is 0 Å². The molecule has 0 atom stereocenters. The van der Waals surface area contributed by atoms with Gasteiger partial charge in [-0.1, -0.05) is 0 Å². The van der Waals surface area contributed by atoms with E-state index in [1.54, 1.807) is 0 Å². The van der Waals surface area contributed by atoms with Crippen molar-refractivity contribution >= 4 is 22.5 Å². The summed E-state index contributed by atoms with van der Waals surface area (Å²) in [6.07, 6.45) is -0.762. The molecule has 0 saturated carbocycles. The smallest absolute Gasteiger partial charge is 0.410 e. The Hall–Kier alpha value is -2.30. The zero-order valence-electron chi connectivity index (χ0n) is 11.2. The number of ether oxygens (including phenoxy) is 1. The number of rotatable bonds is 4. The average Bonchev–Trinajstić information content (AvgIpc) is 2.37. The van der Waals surface area contributed by atoms with Crippen LogP contribution in [0.3, 0.4) is 0 Å². The van der Waals surface area contributed by atoms with Crippen LogP contribution >= 0.6 is 0 Å². The zero-order chi connectivity index (χ0) is 17.1. The van der Waals surface area contributed by atoms with Gasteiger partial charge < -0.3 is 13.8 Å². The number of halogens is 3. The number of hydrogen-bond donors (Lipinski definition) is 0. The highest BCUT2D eigenvalue weighted by atomic mass is 32.2. The first kappa shape index (κ1) is 17.8. The third-order valence-electron chi connectivity index (χ3n) is 2.17. The maximum Gasteiger partial charge on any atom is 0.534 e. The van der Waals surface area contributed by atoms with Crippen LogP contribution in [0.5, 0.6) is 11.5 Å². The molecule has 0 radical (unpaired) electrons. The summed E-state index contributed by atoms with van der Waals surface area (Å²) in [5.74, 6) is -1.20. The summed E-state index contributed by atoms with van der Waals surface area (Å²) < 4.78 is 67.4. The van der Waals surface area contributed by atoms with Crippen LogP contribution in [-0.4, -0.2) is 45.3 Å². The Balaban J connectivity index is 3.18. The van der Waals surface area contributed by atoms with Crippen LogP contribution in [0.4, 0.5) is 18.0 Å². The molecular weight excluding hydrogens is 331 g/mol. The van der Waals surface area contributed by atoms with Gasteiger partial charge in [-0.15, -0.1) is 0 Å². The van der Waals surface area contributed by atoms with E-state index in [2.05, 4.69) is 4.18 Å². The molecule has 122 valence electrons. The molecule has 22 heavy (non-hydrogen) atoms. The van der Waals surface area contributed by atoms with Gasteiger partial charge in [0.05, 0.1) is 5.56 Å². The molecule has 0 aromatic heterocycles. The van der Waals surface area contributed by atoms with Crippen LogP contribution in [0.2, 0.25) is 0 Å². The molecule has 1 aromatic carbocycles. The molecule has 11 heteroatoms. The number of alkyl halides is 3. The lowest BCUT2D eigenvalue weighted by atomic mass is 10.2. The number of benzene rings is 1. The van der Waals surface area contributed by atoms with E-state index in [-0.39, 0.29) is 12.0 Å². The van der Waals surface area contributed by atoms with Gasteiger partial charge in [0.1, 0.15) is 5.75 Å². The lowest BCUT2D eigenvalue weighted by Gasteiger charge is -2.13. The molecule has 1 amide bonds. The van der Waals surface area contributed by atoms with Crippen LogP contribution in [0.25, 0.3) is 0 Å². The summed E-state index contributed by atoms with van der Waals surface area (Å²) in [6, 6.07) is 2.74. The van der Waals surface area contributed by atoms with Gasteiger partial charge in [-0.2, -0.15) is 21.6 Å². The summed E-state index contributed by atoms with van der Waals surface area (Å²) in [6.45, 7) is 0.